The fourth-order valence-corrected chi connectivity index (χ4v) is 0.874. The molecule has 0 aliphatic rings. The first-order valence-electron chi connectivity index (χ1n) is 3.62. The van der Waals surface area contributed by atoms with Crippen LogP contribution in [-0.2, 0) is 6.54 Å². The summed E-state index contributed by atoms with van der Waals surface area (Å²) in [5.41, 5.74) is 11.4. The van der Waals surface area contributed by atoms with E-state index in [2.05, 4.69) is 4.98 Å². The molecule has 0 aliphatic heterocycles. The van der Waals surface area contributed by atoms with Crippen molar-refractivity contribution in [3.8, 4) is 0 Å². The van der Waals surface area contributed by atoms with Gasteiger partial charge in [-0.2, -0.15) is 0 Å². The number of hydrogen-bond acceptors (Lipinski definition) is 5. The van der Waals surface area contributed by atoms with Crippen LogP contribution in [0.5, 0.6) is 0 Å². The van der Waals surface area contributed by atoms with Crippen LogP contribution in [0.1, 0.15) is 5.69 Å². The lowest BCUT2D eigenvalue weighted by atomic mass is 10.4. The molecule has 0 saturated heterocycles. The smallest absolute Gasteiger partial charge is 0.344 e. The van der Waals surface area contributed by atoms with Crippen LogP contribution in [0.2, 0.25) is 0 Å². The Balaban J connectivity index is 3.02. The number of hydrogen-bond donors (Lipinski definition) is 3. The van der Waals surface area contributed by atoms with Crippen molar-refractivity contribution in [2.24, 2.45) is 11.6 Å². The zero-order valence-electron chi connectivity index (χ0n) is 7.27. The topological polar surface area (TPSA) is 116 Å². The van der Waals surface area contributed by atoms with E-state index in [0.29, 0.717) is 5.69 Å². The highest BCUT2D eigenvalue weighted by Gasteiger charge is 2.13. The van der Waals surface area contributed by atoms with Crippen molar-refractivity contribution < 1.29 is 4.79 Å². The maximum Gasteiger partial charge on any atom is 0.344 e. The largest absolute Gasteiger partial charge is 0.383 e. The summed E-state index contributed by atoms with van der Waals surface area (Å²) in [5, 5.41) is 0.915. The molecule has 1 heterocycles. The van der Waals surface area contributed by atoms with Crippen molar-refractivity contribution in [2.75, 3.05) is 12.8 Å². The quantitative estimate of drug-likeness (QED) is 0.285. The molecule has 1 rings (SSSR count). The van der Waals surface area contributed by atoms with Gasteiger partial charge in [-0.25, -0.2) is 20.2 Å². The first kappa shape index (κ1) is 9.49. The Labute approximate surface area is 75.1 Å². The second-order valence-corrected chi connectivity index (χ2v) is 2.54. The molecule has 7 nitrogen and oxygen atoms in total. The Hall–Kier alpha value is -1.60. The Bertz CT molecular complexity index is 317. The molecule has 7 heteroatoms. The molecule has 1 amide bonds. The summed E-state index contributed by atoms with van der Waals surface area (Å²) in [7, 11) is 1.42. The molecule has 0 radical (unpaired) electrons. The zero-order valence-corrected chi connectivity index (χ0v) is 7.27. The summed E-state index contributed by atoms with van der Waals surface area (Å²) in [6.07, 6.45) is 1.29. The van der Waals surface area contributed by atoms with Gasteiger partial charge in [-0.3, -0.25) is 5.01 Å². The second-order valence-electron chi connectivity index (χ2n) is 2.54. The number of hydrazine groups is 1. The number of aromatic nitrogens is 2. The fourth-order valence-electron chi connectivity index (χ4n) is 0.874. The molecule has 1 aromatic heterocycles. The van der Waals surface area contributed by atoms with E-state index in [4.69, 9.17) is 17.3 Å². The van der Waals surface area contributed by atoms with Gasteiger partial charge in [0, 0.05) is 13.6 Å². The number of nitrogens with zero attached hydrogens (tertiary/aromatic N) is 3. The number of amides is 1. The predicted octanol–water partition coefficient (Wildman–Crippen LogP) is -1.30. The van der Waals surface area contributed by atoms with Gasteiger partial charge < -0.3 is 11.5 Å². The van der Waals surface area contributed by atoms with Crippen LogP contribution in [0, 0.1) is 0 Å². The highest BCUT2D eigenvalue weighted by molar-refractivity contribution is 5.79. The van der Waals surface area contributed by atoms with E-state index < -0.39 is 6.03 Å². The van der Waals surface area contributed by atoms with E-state index in [9.17, 15) is 4.79 Å². The molecule has 6 N–H and O–H groups in total. The Kier molecular flexibility index (Phi) is 2.49. The van der Waals surface area contributed by atoms with Crippen molar-refractivity contribution in [3.05, 3.63) is 12.0 Å². The number of carbonyl (C=O) groups is 1. The summed E-state index contributed by atoms with van der Waals surface area (Å²) in [6, 6.07) is -0.454. The van der Waals surface area contributed by atoms with Gasteiger partial charge in [0.1, 0.15) is 12.1 Å². The lowest BCUT2D eigenvalue weighted by molar-refractivity contribution is 0.212. The third-order valence-electron chi connectivity index (χ3n) is 1.59. The first-order chi connectivity index (χ1) is 6.07. The Morgan fingerprint density at radius 2 is 2.38 bits per heavy atom. The fraction of sp³-hybridized carbons (Fsp3) is 0.333. The van der Waals surface area contributed by atoms with Crippen molar-refractivity contribution in [3.63, 3.8) is 0 Å². The van der Waals surface area contributed by atoms with E-state index in [0.717, 1.165) is 9.58 Å². The summed E-state index contributed by atoms with van der Waals surface area (Å²) >= 11 is 0. The van der Waals surface area contributed by atoms with Crippen molar-refractivity contribution in [2.45, 2.75) is 6.54 Å². The Morgan fingerprint density at radius 3 is 2.77 bits per heavy atom. The molecule has 72 valence electrons. The number of imidazole rings is 1. The normalized spacial score (nSPS) is 10.1. The van der Waals surface area contributed by atoms with Gasteiger partial charge in [0.05, 0.1) is 5.69 Å². The number of rotatable bonds is 1. The lowest BCUT2D eigenvalue weighted by Gasteiger charge is -2.10. The molecule has 0 bridgehead atoms. The minimum Gasteiger partial charge on any atom is -0.383 e. The number of nitrogens with two attached hydrogens (primary N) is 3. The van der Waals surface area contributed by atoms with E-state index in [1.54, 1.807) is 0 Å². The molecule has 0 saturated carbocycles. The van der Waals surface area contributed by atoms with Gasteiger partial charge in [0.25, 0.3) is 0 Å². The highest BCUT2D eigenvalue weighted by Crippen LogP contribution is 2.08. The Morgan fingerprint density at radius 1 is 1.77 bits per heavy atom. The van der Waals surface area contributed by atoms with E-state index in [1.807, 2.05) is 0 Å². The van der Waals surface area contributed by atoms with Crippen LogP contribution >= 0.6 is 0 Å². The summed E-state index contributed by atoms with van der Waals surface area (Å²) in [5.74, 6) is 5.46. The van der Waals surface area contributed by atoms with Gasteiger partial charge in [-0.1, -0.05) is 0 Å². The average molecular weight is 184 g/mol. The molecule has 0 aliphatic carbocycles. The van der Waals surface area contributed by atoms with E-state index >= 15 is 0 Å². The molecule has 0 spiro atoms. The van der Waals surface area contributed by atoms with Crippen LogP contribution in [0.3, 0.4) is 0 Å². The summed E-state index contributed by atoms with van der Waals surface area (Å²) in [6.45, 7) is 0.195. The number of anilines is 1. The lowest BCUT2D eigenvalue weighted by Crippen LogP contribution is -2.36. The van der Waals surface area contributed by atoms with Gasteiger partial charge in [-0.05, 0) is 0 Å². The molecule has 0 fully saturated rings. The summed E-state index contributed by atoms with van der Waals surface area (Å²) in [4.78, 5) is 15.1. The molecule has 0 unspecified atom stereocenters. The number of nitrogen functional groups attached to an aromatic ring is 1. The van der Waals surface area contributed by atoms with Gasteiger partial charge >= 0.3 is 6.03 Å². The minimum absolute atomic E-state index is 0.195. The van der Waals surface area contributed by atoms with Gasteiger partial charge in [-0.15, -0.1) is 0 Å². The molecule has 0 atom stereocenters. The van der Waals surface area contributed by atoms with Gasteiger partial charge in [0.2, 0.25) is 0 Å². The van der Waals surface area contributed by atoms with Crippen LogP contribution in [0.15, 0.2) is 6.33 Å². The van der Waals surface area contributed by atoms with Crippen molar-refractivity contribution >= 4 is 11.8 Å². The predicted molar refractivity (Wildman–Crippen MR) is 47.3 cm³/mol. The SMILES string of the molecule is CN(N)C(=O)n1cnc(CN)c1N. The third-order valence-corrected chi connectivity index (χ3v) is 1.59. The zero-order chi connectivity index (χ0) is 10.0. The van der Waals surface area contributed by atoms with Crippen LogP contribution in [0.4, 0.5) is 10.6 Å². The minimum atomic E-state index is -0.454. The molecule has 1 aromatic rings. The monoisotopic (exact) mass is 184 g/mol. The van der Waals surface area contributed by atoms with Crippen molar-refractivity contribution in [1.82, 2.24) is 14.6 Å². The maximum absolute atomic E-state index is 11.3. The second kappa shape index (κ2) is 3.42. The van der Waals surface area contributed by atoms with Crippen LogP contribution < -0.4 is 17.3 Å². The third kappa shape index (κ3) is 1.60. The highest BCUT2D eigenvalue weighted by atomic mass is 16.2. The van der Waals surface area contributed by atoms with E-state index in [1.165, 1.54) is 13.4 Å². The van der Waals surface area contributed by atoms with Crippen LogP contribution in [0.25, 0.3) is 0 Å². The maximum atomic E-state index is 11.3. The standard InChI is InChI=1S/C6H12N6O/c1-11(9)6(13)12-3-10-4(2-7)5(12)8/h3H,2,7-9H2,1H3. The van der Waals surface area contributed by atoms with Crippen molar-refractivity contribution in [1.29, 1.82) is 0 Å². The molecule has 0 aromatic carbocycles. The summed E-state index contributed by atoms with van der Waals surface area (Å²) < 4.78 is 1.14. The average Bonchev–Trinajstić information content (AvgIpc) is 2.45. The van der Waals surface area contributed by atoms with Gasteiger partial charge in [0.15, 0.2) is 0 Å². The van der Waals surface area contributed by atoms with Crippen LogP contribution in [-0.4, -0.2) is 27.6 Å². The molecular weight excluding hydrogens is 172 g/mol. The van der Waals surface area contributed by atoms with E-state index in [-0.39, 0.29) is 12.4 Å². The molecule has 13 heavy (non-hydrogen) atoms. The number of carbonyl (C=O) groups excluding carboxylic acids is 1. The molecular formula is C6H12N6O. The first-order valence-corrected chi connectivity index (χ1v) is 3.62.